The monoisotopic (exact) mass is 366 g/mol. The van der Waals surface area contributed by atoms with Crippen LogP contribution >= 0.6 is 0 Å². The average molecular weight is 366 g/mol. The fourth-order valence-electron chi connectivity index (χ4n) is 3.23. The van der Waals surface area contributed by atoms with Crippen molar-refractivity contribution in [2.24, 2.45) is 5.41 Å². The summed E-state index contributed by atoms with van der Waals surface area (Å²) in [5, 5.41) is 0. The van der Waals surface area contributed by atoms with E-state index in [9.17, 15) is 18.0 Å². The molecule has 0 spiro atoms. The molecule has 1 aliphatic rings. The van der Waals surface area contributed by atoms with Gasteiger partial charge in [-0.1, -0.05) is 18.2 Å². The Kier molecular flexibility index (Phi) is 5.56. The summed E-state index contributed by atoms with van der Waals surface area (Å²) < 4.78 is 23.5. The van der Waals surface area contributed by atoms with E-state index in [1.54, 1.807) is 37.9 Å². The molecule has 2 amide bonds. The maximum atomic E-state index is 13.1. The Labute approximate surface area is 149 Å². The SMILES string of the molecule is CCN(C(=O)C(C)(C)C(=O)N(C)c1ccccc1)C1CCS(=O)(=O)C1. The van der Waals surface area contributed by atoms with Crippen molar-refractivity contribution >= 4 is 27.3 Å². The lowest BCUT2D eigenvalue weighted by Crippen LogP contribution is -2.53. The predicted octanol–water partition coefficient (Wildman–Crippen LogP) is 1.71. The third-order valence-corrected chi connectivity index (χ3v) is 6.52. The summed E-state index contributed by atoms with van der Waals surface area (Å²) in [7, 11) is -1.46. The van der Waals surface area contributed by atoms with Crippen molar-refractivity contribution in [3.05, 3.63) is 30.3 Å². The minimum atomic E-state index is -3.10. The highest BCUT2D eigenvalue weighted by atomic mass is 32.2. The lowest BCUT2D eigenvalue weighted by atomic mass is 9.88. The smallest absolute Gasteiger partial charge is 0.241 e. The van der Waals surface area contributed by atoms with Gasteiger partial charge in [-0.25, -0.2) is 8.42 Å². The number of hydrogen-bond acceptors (Lipinski definition) is 4. The first kappa shape index (κ1) is 19.4. The van der Waals surface area contributed by atoms with Gasteiger partial charge in [0.05, 0.1) is 11.5 Å². The van der Waals surface area contributed by atoms with E-state index < -0.39 is 15.3 Å². The molecule has 1 atom stereocenters. The standard InChI is InChI=1S/C18H26N2O4S/c1-5-20(15-11-12-25(23,24)13-15)17(22)18(2,3)16(21)19(4)14-9-7-6-8-10-14/h6-10,15H,5,11-13H2,1-4H3. The second kappa shape index (κ2) is 7.15. The van der Waals surface area contributed by atoms with Crippen molar-refractivity contribution in [2.75, 3.05) is 30.0 Å². The molecule has 1 heterocycles. The van der Waals surface area contributed by atoms with E-state index in [0.717, 1.165) is 0 Å². The van der Waals surface area contributed by atoms with Gasteiger partial charge < -0.3 is 9.80 Å². The number of benzene rings is 1. The maximum absolute atomic E-state index is 13.1. The summed E-state index contributed by atoms with van der Waals surface area (Å²) >= 11 is 0. The van der Waals surface area contributed by atoms with Crippen LogP contribution in [0.5, 0.6) is 0 Å². The Balaban J connectivity index is 2.21. The zero-order valence-electron chi connectivity index (χ0n) is 15.2. The number of sulfone groups is 1. The van der Waals surface area contributed by atoms with Crippen LogP contribution in [0.2, 0.25) is 0 Å². The van der Waals surface area contributed by atoms with E-state index in [-0.39, 0.29) is 29.4 Å². The highest BCUT2D eigenvalue weighted by molar-refractivity contribution is 7.91. The molecule has 2 rings (SSSR count). The summed E-state index contributed by atoms with van der Waals surface area (Å²) in [6, 6.07) is 8.78. The molecule has 0 N–H and O–H groups in total. The first-order chi connectivity index (χ1) is 11.6. The summed E-state index contributed by atoms with van der Waals surface area (Å²) in [6.45, 7) is 5.39. The van der Waals surface area contributed by atoms with E-state index in [1.807, 2.05) is 25.1 Å². The van der Waals surface area contributed by atoms with Gasteiger partial charge in [0, 0.05) is 25.3 Å². The minimum absolute atomic E-state index is 0.0224. The molecule has 0 saturated carbocycles. The summed E-state index contributed by atoms with van der Waals surface area (Å²) in [4.78, 5) is 29.0. The molecule has 1 saturated heterocycles. The van der Waals surface area contributed by atoms with E-state index in [0.29, 0.717) is 18.7 Å². The fraction of sp³-hybridized carbons (Fsp3) is 0.556. The second-order valence-electron chi connectivity index (χ2n) is 6.97. The van der Waals surface area contributed by atoms with Crippen molar-refractivity contribution in [3.63, 3.8) is 0 Å². The van der Waals surface area contributed by atoms with E-state index >= 15 is 0 Å². The molecule has 0 aromatic heterocycles. The molecule has 0 aliphatic carbocycles. The van der Waals surface area contributed by atoms with Crippen molar-refractivity contribution in [1.82, 2.24) is 4.90 Å². The molecule has 6 nitrogen and oxygen atoms in total. The number of anilines is 1. The molecular formula is C18H26N2O4S. The molecular weight excluding hydrogens is 340 g/mol. The second-order valence-corrected chi connectivity index (χ2v) is 9.20. The molecule has 1 aliphatic heterocycles. The topological polar surface area (TPSA) is 74.8 Å². The van der Waals surface area contributed by atoms with Crippen molar-refractivity contribution in [2.45, 2.75) is 33.2 Å². The first-order valence-electron chi connectivity index (χ1n) is 8.45. The molecule has 1 unspecified atom stereocenters. The zero-order valence-corrected chi connectivity index (χ0v) is 16.0. The van der Waals surface area contributed by atoms with E-state index in [4.69, 9.17) is 0 Å². The molecule has 0 radical (unpaired) electrons. The lowest BCUT2D eigenvalue weighted by Gasteiger charge is -2.36. The number of rotatable bonds is 5. The Morgan fingerprint density at radius 3 is 2.24 bits per heavy atom. The average Bonchev–Trinajstić information content (AvgIpc) is 2.94. The van der Waals surface area contributed by atoms with Gasteiger partial charge in [-0.05, 0) is 39.3 Å². The highest BCUT2D eigenvalue weighted by Gasteiger charge is 2.44. The van der Waals surface area contributed by atoms with Gasteiger partial charge in [0.2, 0.25) is 11.8 Å². The fourth-order valence-corrected chi connectivity index (χ4v) is 4.96. The largest absolute Gasteiger partial charge is 0.338 e. The zero-order chi connectivity index (χ0) is 18.8. The third-order valence-electron chi connectivity index (χ3n) is 4.77. The van der Waals surface area contributed by atoms with Gasteiger partial charge in [-0.2, -0.15) is 0 Å². The number of hydrogen-bond donors (Lipinski definition) is 0. The van der Waals surface area contributed by atoms with Gasteiger partial charge in [0.25, 0.3) is 0 Å². The van der Waals surface area contributed by atoms with Crippen molar-refractivity contribution in [3.8, 4) is 0 Å². The van der Waals surface area contributed by atoms with Crippen LogP contribution in [0.4, 0.5) is 5.69 Å². The van der Waals surface area contributed by atoms with Gasteiger partial charge in [0.1, 0.15) is 5.41 Å². The summed E-state index contributed by atoms with van der Waals surface area (Å²) in [6.07, 6.45) is 0.431. The Bertz CT molecular complexity index is 744. The predicted molar refractivity (Wildman–Crippen MR) is 98.1 cm³/mol. The minimum Gasteiger partial charge on any atom is -0.338 e. The van der Waals surface area contributed by atoms with Crippen LogP contribution < -0.4 is 4.90 Å². The Hall–Kier alpha value is -1.89. The maximum Gasteiger partial charge on any atom is 0.241 e. The van der Waals surface area contributed by atoms with Crippen LogP contribution in [0.25, 0.3) is 0 Å². The number of nitrogens with zero attached hydrogens (tertiary/aromatic N) is 2. The van der Waals surface area contributed by atoms with Gasteiger partial charge in [0.15, 0.2) is 9.84 Å². The molecule has 138 valence electrons. The van der Waals surface area contributed by atoms with E-state index in [2.05, 4.69) is 0 Å². The Morgan fingerprint density at radius 1 is 1.16 bits per heavy atom. The van der Waals surface area contributed by atoms with Crippen LogP contribution in [0.15, 0.2) is 30.3 Å². The molecule has 25 heavy (non-hydrogen) atoms. The van der Waals surface area contributed by atoms with Crippen LogP contribution in [0.1, 0.15) is 27.2 Å². The quantitative estimate of drug-likeness (QED) is 0.744. The Morgan fingerprint density at radius 2 is 1.76 bits per heavy atom. The highest BCUT2D eigenvalue weighted by Crippen LogP contribution is 2.28. The van der Waals surface area contributed by atoms with Crippen molar-refractivity contribution < 1.29 is 18.0 Å². The van der Waals surface area contributed by atoms with Gasteiger partial charge in [-0.3, -0.25) is 9.59 Å². The van der Waals surface area contributed by atoms with Crippen molar-refractivity contribution in [1.29, 1.82) is 0 Å². The first-order valence-corrected chi connectivity index (χ1v) is 10.3. The third kappa shape index (κ3) is 4.03. The van der Waals surface area contributed by atoms with Crippen LogP contribution in [0, 0.1) is 5.41 Å². The molecule has 1 aromatic rings. The lowest BCUT2D eigenvalue weighted by molar-refractivity contribution is -0.148. The number of carbonyl (C=O) groups is 2. The van der Waals surface area contributed by atoms with Crippen LogP contribution in [0.3, 0.4) is 0 Å². The number of amides is 2. The normalized spacial score (nSPS) is 19.4. The molecule has 1 fully saturated rings. The van der Waals surface area contributed by atoms with Gasteiger partial charge >= 0.3 is 0 Å². The number of carbonyl (C=O) groups excluding carboxylic acids is 2. The molecule has 0 bridgehead atoms. The number of para-hydroxylation sites is 1. The summed E-state index contributed by atoms with van der Waals surface area (Å²) in [5.74, 6) is -0.571. The van der Waals surface area contributed by atoms with Gasteiger partial charge in [-0.15, -0.1) is 0 Å². The molecule has 7 heteroatoms. The van der Waals surface area contributed by atoms with Crippen LogP contribution in [-0.2, 0) is 19.4 Å². The molecule has 1 aromatic carbocycles. The van der Waals surface area contributed by atoms with Crippen LogP contribution in [-0.4, -0.2) is 56.3 Å². The van der Waals surface area contributed by atoms with E-state index in [1.165, 1.54) is 4.90 Å². The summed E-state index contributed by atoms with van der Waals surface area (Å²) in [5.41, 5.74) is -0.563.